The van der Waals surface area contributed by atoms with Gasteiger partial charge in [0.2, 0.25) is 11.9 Å². The molecule has 0 saturated carbocycles. The van der Waals surface area contributed by atoms with Gasteiger partial charge in [0.05, 0.1) is 10.0 Å². The van der Waals surface area contributed by atoms with E-state index in [4.69, 9.17) is 23.2 Å². The third kappa shape index (κ3) is 2.94. The highest BCUT2D eigenvalue weighted by Gasteiger charge is 2.33. The molecule has 1 aliphatic heterocycles. The van der Waals surface area contributed by atoms with Crippen LogP contribution in [0.1, 0.15) is 6.42 Å². The van der Waals surface area contributed by atoms with Gasteiger partial charge in [-0.3, -0.25) is 4.79 Å². The molecule has 0 spiro atoms. The van der Waals surface area contributed by atoms with E-state index < -0.39 is 0 Å². The molecule has 108 valence electrons. The summed E-state index contributed by atoms with van der Waals surface area (Å²) in [6.07, 6.45) is 3.94. The summed E-state index contributed by atoms with van der Waals surface area (Å²) in [6, 6.07) is 6.57. The second-order valence-electron chi connectivity index (χ2n) is 4.65. The van der Waals surface area contributed by atoms with Crippen LogP contribution in [-0.4, -0.2) is 28.5 Å². The molecule has 1 aliphatic rings. The van der Waals surface area contributed by atoms with Crippen LogP contribution >= 0.6 is 23.2 Å². The second kappa shape index (κ2) is 5.87. The fourth-order valence-electron chi connectivity index (χ4n) is 2.25. The van der Waals surface area contributed by atoms with Crippen molar-refractivity contribution in [2.75, 3.05) is 16.8 Å². The highest BCUT2D eigenvalue weighted by atomic mass is 35.5. The number of hydrogen-bond donors (Lipinski definition) is 1. The fourth-order valence-corrected chi connectivity index (χ4v) is 2.54. The number of rotatable bonds is 3. The van der Waals surface area contributed by atoms with Crippen molar-refractivity contribution in [3.8, 4) is 0 Å². The van der Waals surface area contributed by atoms with Crippen molar-refractivity contribution in [2.24, 2.45) is 0 Å². The van der Waals surface area contributed by atoms with E-state index in [0.29, 0.717) is 29.0 Å². The van der Waals surface area contributed by atoms with Crippen LogP contribution in [0.25, 0.3) is 0 Å². The predicted molar refractivity (Wildman–Crippen MR) is 82.9 cm³/mol. The van der Waals surface area contributed by atoms with Crippen LogP contribution in [0.2, 0.25) is 10.0 Å². The van der Waals surface area contributed by atoms with E-state index in [9.17, 15) is 4.79 Å². The molecular weight excluding hydrogens is 311 g/mol. The van der Waals surface area contributed by atoms with Gasteiger partial charge in [0.15, 0.2) is 0 Å². The lowest BCUT2D eigenvalue weighted by Gasteiger charge is -2.17. The van der Waals surface area contributed by atoms with E-state index in [-0.39, 0.29) is 11.9 Å². The Morgan fingerprint density at radius 3 is 2.67 bits per heavy atom. The van der Waals surface area contributed by atoms with Crippen molar-refractivity contribution in [1.82, 2.24) is 9.97 Å². The largest absolute Gasteiger partial charge is 0.342 e. The molecule has 2 heterocycles. The standard InChI is InChI=1S/C14H12Cl2N4O/c15-10-3-2-9(8-11(10)16)20-7-4-12(13(20)21)19-14-17-5-1-6-18-14/h1-3,5-6,8,12H,4,7H2,(H,17,18,19). The van der Waals surface area contributed by atoms with Crippen LogP contribution in [-0.2, 0) is 4.79 Å². The number of anilines is 2. The van der Waals surface area contributed by atoms with Gasteiger partial charge < -0.3 is 10.2 Å². The third-order valence-electron chi connectivity index (χ3n) is 3.29. The average Bonchev–Trinajstić information content (AvgIpc) is 2.84. The summed E-state index contributed by atoms with van der Waals surface area (Å²) in [7, 11) is 0. The Hall–Kier alpha value is -1.85. The van der Waals surface area contributed by atoms with Crippen molar-refractivity contribution >= 4 is 40.7 Å². The molecule has 2 aromatic rings. The van der Waals surface area contributed by atoms with Gasteiger partial charge in [0.1, 0.15) is 6.04 Å². The third-order valence-corrected chi connectivity index (χ3v) is 4.03. The molecule has 5 nitrogen and oxygen atoms in total. The second-order valence-corrected chi connectivity index (χ2v) is 5.46. The van der Waals surface area contributed by atoms with Crippen molar-refractivity contribution in [2.45, 2.75) is 12.5 Å². The number of carbonyl (C=O) groups is 1. The van der Waals surface area contributed by atoms with Crippen LogP contribution in [0.5, 0.6) is 0 Å². The number of amides is 1. The van der Waals surface area contributed by atoms with Crippen LogP contribution < -0.4 is 10.2 Å². The summed E-state index contributed by atoms with van der Waals surface area (Å²) in [5.74, 6) is 0.424. The first-order valence-corrected chi connectivity index (χ1v) is 7.21. The average molecular weight is 323 g/mol. The molecule has 1 fully saturated rings. The molecule has 1 aromatic heterocycles. The molecule has 1 atom stereocenters. The molecule has 3 rings (SSSR count). The first-order chi connectivity index (χ1) is 10.1. The lowest BCUT2D eigenvalue weighted by Crippen LogP contribution is -2.33. The Balaban J connectivity index is 1.75. The van der Waals surface area contributed by atoms with Gasteiger partial charge in [-0.2, -0.15) is 0 Å². The van der Waals surface area contributed by atoms with E-state index in [1.165, 1.54) is 0 Å². The molecule has 1 N–H and O–H groups in total. The van der Waals surface area contributed by atoms with E-state index in [1.54, 1.807) is 41.6 Å². The van der Waals surface area contributed by atoms with Crippen molar-refractivity contribution < 1.29 is 4.79 Å². The van der Waals surface area contributed by atoms with Crippen LogP contribution in [0, 0.1) is 0 Å². The molecule has 0 bridgehead atoms. The normalized spacial score (nSPS) is 18.1. The van der Waals surface area contributed by atoms with Gasteiger partial charge in [-0.25, -0.2) is 9.97 Å². The lowest BCUT2D eigenvalue weighted by molar-refractivity contribution is -0.117. The summed E-state index contributed by atoms with van der Waals surface area (Å²) in [5.41, 5.74) is 0.743. The van der Waals surface area contributed by atoms with E-state index in [1.807, 2.05) is 0 Å². The molecule has 7 heteroatoms. The van der Waals surface area contributed by atoms with Gasteiger partial charge in [0, 0.05) is 24.6 Å². The maximum Gasteiger partial charge on any atom is 0.249 e. The van der Waals surface area contributed by atoms with Gasteiger partial charge >= 0.3 is 0 Å². The highest BCUT2D eigenvalue weighted by molar-refractivity contribution is 6.42. The van der Waals surface area contributed by atoms with Crippen LogP contribution in [0.3, 0.4) is 0 Å². The molecule has 1 unspecified atom stereocenters. The Morgan fingerprint density at radius 1 is 1.19 bits per heavy atom. The van der Waals surface area contributed by atoms with Gasteiger partial charge in [-0.1, -0.05) is 23.2 Å². The zero-order chi connectivity index (χ0) is 14.8. The summed E-state index contributed by atoms with van der Waals surface area (Å²) in [5, 5.41) is 3.95. The van der Waals surface area contributed by atoms with E-state index in [0.717, 1.165) is 5.69 Å². The van der Waals surface area contributed by atoms with Gasteiger partial charge in [-0.15, -0.1) is 0 Å². The first-order valence-electron chi connectivity index (χ1n) is 6.45. The van der Waals surface area contributed by atoms with E-state index >= 15 is 0 Å². The monoisotopic (exact) mass is 322 g/mol. The summed E-state index contributed by atoms with van der Waals surface area (Å²) >= 11 is 11.9. The zero-order valence-electron chi connectivity index (χ0n) is 11.0. The molecule has 1 aromatic carbocycles. The Labute approximate surface area is 131 Å². The Bertz CT molecular complexity index is 665. The number of aromatic nitrogens is 2. The number of benzene rings is 1. The fraction of sp³-hybridized carbons (Fsp3) is 0.214. The van der Waals surface area contributed by atoms with Crippen molar-refractivity contribution in [3.63, 3.8) is 0 Å². The van der Waals surface area contributed by atoms with Crippen LogP contribution in [0.4, 0.5) is 11.6 Å². The topological polar surface area (TPSA) is 58.1 Å². The smallest absolute Gasteiger partial charge is 0.249 e. The lowest BCUT2D eigenvalue weighted by atomic mass is 10.2. The maximum atomic E-state index is 12.4. The Morgan fingerprint density at radius 2 is 1.95 bits per heavy atom. The maximum absolute atomic E-state index is 12.4. The number of nitrogens with zero attached hydrogens (tertiary/aromatic N) is 3. The molecule has 1 saturated heterocycles. The summed E-state index contributed by atoms with van der Waals surface area (Å²) in [4.78, 5) is 22.3. The summed E-state index contributed by atoms with van der Waals surface area (Å²) < 4.78 is 0. The van der Waals surface area contributed by atoms with Crippen molar-refractivity contribution in [1.29, 1.82) is 0 Å². The minimum absolute atomic E-state index is 0.0270. The number of halogens is 2. The molecule has 0 radical (unpaired) electrons. The number of carbonyl (C=O) groups excluding carboxylic acids is 1. The predicted octanol–water partition coefficient (Wildman–Crippen LogP) is 3.00. The zero-order valence-corrected chi connectivity index (χ0v) is 12.5. The minimum atomic E-state index is -0.332. The van der Waals surface area contributed by atoms with Crippen molar-refractivity contribution in [3.05, 3.63) is 46.7 Å². The Kier molecular flexibility index (Phi) is 3.94. The SMILES string of the molecule is O=C1C(Nc2ncccn2)CCN1c1ccc(Cl)c(Cl)c1. The number of nitrogens with one attached hydrogen (secondary N) is 1. The van der Waals surface area contributed by atoms with E-state index in [2.05, 4.69) is 15.3 Å². The van der Waals surface area contributed by atoms with Gasteiger partial charge in [-0.05, 0) is 30.7 Å². The quantitative estimate of drug-likeness (QED) is 0.943. The molecular formula is C14H12Cl2N4O. The molecule has 0 aliphatic carbocycles. The number of hydrogen-bond acceptors (Lipinski definition) is 4. The van der Waals surface area contributed by atoms with Crippen LogP contribution in [0.15, 0.2) is 36.7 Å². The summed E-state index contributed by atoms with van der Waals surface area (Å²) in [6.45, 7) is 0.612. The minimum Gasteiger partial charge on any atom is -0.342 e. The molecule has 1 amide bonds. The first kappa shape index (κ1) is 14.1. The molecule has 21 heavy (non-hydrogen) atoms. The highest BCUT2D eigenvalue weighted by Crippen LogP contribution is 2.29. The van der Waals surface area contributed by atoms with Gasteiger partial charge in [0.25, 0.3) is 0 Å².